The minimum atomic E-state index is -0.219. The van der Waals surface area contributed by atoms with Gasteiger partial charge in [-0.15, -0.1) is 23.2 Å². The molecule has 0 aromatic rings. The fourth-order valence-corrected chi connectivity index (χ4v) is 6.30. The third-order valence-corrected chi connectivity index (χ3v) is 8.80. The zero-order valence-electron chi connectivity index (χ0n) is 23.0. The van der Waals surface area contributed by atoms with Crippen LogP contribution in [0.5, 0.6) is 0 Å². The summed E-state index contributed by atoms with van der Waals surface area (Å²) in [6, 6.07) is 0. The number of hydrogen-bond donors (Lipinski definition) is 1. The first kappa shape index (κ1) is 32.5. The van der Waals surface area contributed by atoms with Gasteiger partial charge in [-0.1, -0.05) is 130 Å². The molecular formula is C29H58Cl2N2O. The van der Waals surface area contributed by atoms with Gasteiger partial charge in [-0.05, 0) is 18.8 Å². The van der Waals surface area contributed by atoms with E-state index in [0.717, 1.165) is 19.4 Å². The summed E-state index contributed by atoms with van der Waals surface area (Å²) in [6.07, 6.45) is 26.3. The largest absolute Gasteiger partial charge is 0.395 e. The van der Waals surface area contributed by atoms with Crippen LogP contribution < -0.4 is 0 Å². The van der Waals surface area contributed by atoms with Crippen LogP contribution in [-0.4, -0.2) is 51.8 Å². The number of alkyl halides is 2. The molecule has 1 aliphatic rings. The van der Waals surface area contributed by atoms with E-state index in [2.05, 4.69) is 30.6 Å². The second-order valence-corrected chi connectivity index (χ2v) is 11.7. The molecule has 1 fully saturated rings. The minimum absolute atomic E-state index is 0.136. The molecule has 1 N–H and O–H groups in total. The van der Waals surface area contributed by atoms with E-state index in [9.17, 15) is 5.11 Å². The number of hydrogen-bond acceptors (Lipinski definition) is 3. The van der Waals surface area contributed by atoms with E-state index in [4.69, 9.17) is 23.2 Å². The Kier molecular flexibility index (Phi) is 20.6. The van der Waals surface area contributed by atoms with Crippen molar-refractivity contribution in [3.05, 3.63) is 0 Å². The summed E-state index contributed by atoms with van der Waals surface area (Å²) in [7, 11) is 0. The Morgan fingerprint density at radius 2 is 0.971 bits per heavy atom. The van der Waals surface area contributed by atoms with E-state index in [1.54, 1.807) is 0 Å². The molecule has 0 amide bonds. The van der Waals surface area contributed by atoms with E-state index in [1.165, 1.54) is 109 Å². The molecule has 0 radical (unpaired) electrons. The molecule has 0 bridgehead atoms. The van der Waals surface area contributed by atoms with E-state index < -0.39 is 0 Å². The molecule has 4 atom stereocenters. The molecule has 3 nitrogen and oxygen atoms in total. The summed E-state index contributed by atoms with van der Waals surface area (Å²) < 4.78 is 0. The molecule has 34 heavy (non-hydrogen) atoms. The molecule has 0 aliphatic carbocycles. The third-order valence-electron chi connectivity index (χ3n) is 7.69. The zero-order chi connectivity index (χ0) is 25.0. The number of aliphatic hydroxyl groups is 1. The SMILES string of the molecule is CCCCCCCCCCCCCCCCCCC(C)C1N(CCO)C(Cl)C(Cl)N1CCCC. The standard InChI is InChI=1S/C29H58Cl2N2O/c1-4-6-8-9-10-11-12-13-14-15-16-17-18-19-20-21-22-26(3)29-32(23-7-5-2)27(30)28(31)33(29)24-25-34/h26-29,34H,4-25H2,1-3H3. The Balaban J connectivity index is 2.10. The summed E-state index contributed by atoms with van der Waals surface area (Å²) in [5, 5.41) is 9.56. The maximum atomic E-state index is 9.56. The summed E-state index contributed by atoms with van der Waals surface area (Å²) >= 11 is 13.4. The molecule has 0 aromatic heterocycles. The van der Waals surface area contributed by atoms with Gasteiger partial charge < -0.3 is 5.11 Å². The van der Waals surface area contributed by atoms with Gasteiger partial charge in [0.2, 0.25) is 0 Å². The van der Waals surface area contributed by atoms with Crippen molar-refractivity contribution in [2.45, 2.75) is 160 Å². The van der Waals surface area contributed by atoms with E-state index in [0.29, 0.717) is 12.5 Å². The van der Waals surface area contributed by atoms with Gasteiger partial charge in [0.1, 0.15) is 11.0 Å². The van der Waals surface area contributed by atoms with Crippen molar-refractivity contribution in [3.8, 4) is 0 Å². The minimum Gasteiger partial charge on any atom is -0.395 e. The second kappa shape index (κ2) is 21.5. The van der Waals surface area contributed by atoms with Crippen LogP contribution in [0.4, 0.5) is 0 Å². The Hall–Kier alpha value is 0.460. The average Bonchev–Trinajstić information content (AvgIpc) is 3.07. The van der Waals surface area contributed by atoms with Crippen molar-refractivity contribution in [3.63, 3.8) is 0 Å². The highest BCUT2D eigenvalue weighted by molar-refractivity contribution is 6.29. The maximum Gasteiger partial charge on any atom is 0.116 e. The summed E-state index contributed by atoms with van der Waals surface area (Å²) in [5.41, 5.74) is -0.387. The Bertz CT molecular complexity index is 454. The molecule has 5 heteroatoms. The topological polar surface area (TPSA) is 26.7 Å². The van der Waals surface area contributed by atoms with Crippen molar-refractivity contribution < 1.29 is 5.11 Å². The van der Waals surface area contributed by atoms with Gasteiger partial charge in [-0.3, -0.25) is 9.80 Å². The van der Waals surface area contributed by atoms with Crippen LogP contribution in [0.15, 0.2) is 0 Å². The highest BCUT2D eigenvalue weighted by Crippen LogP contribution is 2.37. The fourth-order valence-electron chi connectivity index (χ4n) is 5.58. The first-order chi connectivity index (χ1) is 16.6. The lowest BCUT2D eigenvalue weighted by Gasteiger charge is -2.35. The van der Waals surface area contributed by atoms with Gasteiger partial charge in [0.25, 0.3) is 0 Å². The third kappa shape index (κ3) is 13.1. The second-order valence-electron chi connectivity index (χ2n) is 10.8. The predicted octanol–water partition coefficient (Wildman–Crippen LogP) is 9.14. The van der Waals surface area contributed by atoms with Gasteiger partial charge in [0.05, 0.1) is 12.8 Å². The number of halogens is 2. The van der Waals surface area contributed by atoms with Crippen LogP contribution in [-0.2, 0) is 0 Å². The number of aliphatic hydroxyl groups excluding tert-OH is 1. The molecule has 1 heterocycles. The normalized spacial score (nSPS) is 22.6. The highest BCUT2D eigenvalue weighted by Gasteiger charge is 2.46. The lowest BCUT2D eigenvalue weighted by molar-refractivity contribution is 0.0604. The molecule has 1 rings (SSSR count). The first-order valence-electron chi connectivity index (χ1n) is 15.0. The highest BCUT2D eigenvalue weighted by atomic mass is 35.5. The lowest BCUT2D eigenvalue weighted by atomic mass is 9.97. The predicted molar refractivity (Wildman–Crippen MR) is 152 cm³/mol. The van der Waals surface area contributed by atoms with Crippen LogP contribution in [0.25, 0.3) is 0 Å². The lowest BCUT2D eigenvalue weighted by Crippen LogP contribution is -2.46. The van der Waals surface area contributed by atoms with Crippen LogP contribution >= 0.6 is 23.2 Å². The van der Waals surface area contributed by atoms with Gasteiger partial charge in [-0.25, -0.2) is 0 Å². The monoisotopic (exact) mass is 520 g/mol. The molecule has 1 aliphatic heterocycles. The van der Waals surface area contributed by atoms with Crippen LogP contribution in [0, 0.1) is 5.92 Å². The van der Waals surface area contributed by atoms with Gasteiger partial charge in [-0.2, -0.15) is 0 Å². The van der Waals surface area contributed by atoms with Crippen LogP contribution in [0.1, 0.15) is 143 Å². The molecule has 1 saturated heterocycles. The Morgan fingerprint density at radius 1 is 0.588 bits per heavy atom. The summed E-state index contributed by atoms with van der Waals surface area (Å²) in [6.45, 7) is 8.59. The quantitative estimate of drug-likeness (QED) is 0.0825. The van der Waals surface area contributed by atoms with E-state index >= 15 is 0 Å². The van der Waals surface area contributed by atoms with Crippen molar-refractivity contribution >= 4 is 23.2 Å². The average molecular weight is 522 g/mol. The van der Waals surface area contributed by atoms with Gasteiger partial charge in [0, 0.05) is 13.1 Å². The zero-order valence-corrected chi connectivity index (χ0v) is 24.5. The maximum absolute atomic E-state index is 9.56. The van der Waals surface area contributed by atoms with Crippen molar-refractivity contribution in [1.29, 1.82) is 0 Å². The Labute approximate surface area is 223 Å². The summed E-state index contributed by atoms with van der Waals surface area (Å²) in [4.78, 5) is 4.61. The van der Waals surface area contributed by atoms with Crippen LogP contribution in [0.3, 0.4) is 0 Å². The van der Waals surface area contributed by atoms with Crippen LogP contribution in [0.2, 0.25) is 0 Å². The number of rotatable bonds is 23. The van der Waals surface area contributed by atoms with E-state index in [1.807, 2.05) is 0 Å². The molecule has 0 spiro atoms. The van der Waals surface area contributed by atoms with E-state index in [-0.39, 0.29) is 23.8 Å². The number of unbranched alkanes of at least 4 members (excludes halogenated alkanes) is 16. The van der Waals surface area contributed by atoms with Gasteiger partial charge in [0.15, 0.2) is 0 Å². The fraction of sp³-hybridized carbons (Fsp3) is 1.00. The molecule has 4 unspecified atom stereocenters. The smallest absolute Gasteiger partial charge is 0.116 e. The van der Waals surface area contributed by atoms with Crippen molar-refractivity contribution in [1.82, 2.24) is 9.80 Å². The molecule has 204 valence electrons. The molecule has 0 aromatic carbocycles. The first-order valence-corrected chi connectivity index (χ1v) is 15.9. The molecular weight excluding hydrogens is 463 g/mol. The van der Waals surface area contributed by atoms with Gasteiger partial charge >= 0.3 is 0 Å². The van der Waals surface area contributed by atoms with Crippen molar-refractivity contribution in [2.24, 2.45) is 5.92 Å². The molecule has 0 saturated carbocycles. The summed E-state index contributed by atoms with van der Waals surface area (Å²) in [5.74, 6) is 0.514. The Morgan fingerprint density at radius 3 is 1.38 bits per heavy atom. The van der Waals surface area contributed by atoms with Crippen molar-refractivity contribution in [2.75, 3.05) is 19.7 Å². The number of β-amino-alcohol motifs (C(OH)–C–C–N with tert-alkyl or cyclic N) is 1. The number of nitrogens with zero attached hydrogens (tertiary/aromatic N) is 2.